The van der Waals surface area contributed by atoms with Gasteiger partial charge in [0.2, 0.25) is 10.0 Å². The quantitative estimate of drug-likeness (QED) is 0.302. The molecule has 0 saturated carbocycles. The van der Waals surface area contributed by atoms with Crippen molar-refractivity contribution in [3.8, 4) is 11.1 Å². The maximum absolute atomic E-state index is 13.7. The molecule has 0 bridgehead atoms. The van der Waals surface area contributed by atoms with Gasteiger partial charge in [-0.25, -0.2) is 22.0 Å². The fourth-order valence-electron chi connectivity index (χ4n) is 5.52. The minimum atomic E-state index is -4.25. The zero-order valence-corrected chi connectivity index (χ0v) is 22.6. The Bertz CT molecular complexity index is 1900. The monoisotopic (exact) mass is 588 g/mol. The number of fused-ring (bicyclic) bond motifs is 4. The Labute approximate surface area is 239 Å². The maximum Gasteiger partial charge on any atom is 0.330 e. The van der Waals surface area contributed by atoms with E-state index in [2.05, 4.69) is 5.32 Å². The number of carboxylic acid groups (broad SMARTS) is 1. The van der Waals surface area contributed by atoms with Crippen molar-refractivity contribution >= 4 is 27.7 Å². The molecule has 0 spiro atoms. The second kappa shape index (κ2) is 10.3. The Hall–Kier alpha value is -4.74. The number of carbonyl (C=O) groups excluding carboxylic acids is 2. The predicted molar refractivity (Wildman–Crippen MR) is 147 cm³/mol. The lowest BCUT2D eigenvalue weighted by atomic mass is 9.95. The number of halogens is 2. The van der Waals surface area contributed by atoms with E-state index < -0.39 is 44.5 Å². The summed E-state index contributed by atoms with van der Waals surface area (Å²) in [6.45, 7) is -0.0970. The number of ketones is 1. The Morgan fingerprint density at radius 2 is 1.55 bits per heavy atom. The largest absolute Gasteiger partial charge is 0.479 e. The number of nitrogens with zero attached hydrogens (tertiary/aromatic N) is 1. The van der Waals surface area contributed by atoms with Crippen molar-refractivity contribution in [2.24, 2.45) is 0 Å². The summed E-state index contributed by atoms with van der Waals surface area (Å²) < 4.78 is 54.9. The molecule has 11 heteroatoms. The SMILES string of the molecule is O=C(NC(C(=O)O)c1ccc2c(c1)CN(S(=O)(=O)c1cc(F)cc(F)c1)CC2)c1cccc2c1-c1ccccc1C2=O. The van der Waals surface area contributed by atoms with Crippen LogP contribution in [0.5, 0.6) is 0 Å². The van der Waals surface area contributed by atoms with Gasteiger partial charge in [0, 0.05) is 41.4 Å². The summed E-state index contributed by atoms with van der Waals surface area (Å²) >= 11 is 0. The highest BCUT2D eigenvalue weighted by Gasteiger charge is 2.33. The van der Waals surface area contributed by atoms with Crippen molar-refractivity contribution in [2.45, 2.75) is 23.9 Å². The molecule has 0 saturated heterocycles. The smallest absolute Gasteiger partial charge is 0.330 e. The standard InChI is InChI=1S/C31H22F2N2O6S/c32-20-13-21(33)15-22(14-20)42(40,41)35-11-10-17-8-9-18(12-19(17)16-35)28(31(38)39)34-30(37)26-7-3-6-25-27(26)23-4-1-2-5-24(23)29(25)36/h1-9,12-15,28H,10-11,16H2,(H,34,37)(H,38,39). The first kappa shape index (κ1) is 27.4. The number of amides is 1. The van der Waals surface area contributed by atoms with Gasteiger partial charge in [-0.1, -0.05) is 54.6 Å². The van der Waals surface area contributed by atoms with Crippen LogP contribution in [0.1, 0.15) is 49.0 Å². The fourth-order valence-corrected chi connectivity index (χ4v) is 6.99. The van der Waals surface area contributed by atoms with Gasteiger partial charge in [0.15, 0.2) is 11.8 Å². The lowest BCUT2D eigenvalue weighted by Gasteiger charge is -2.29. The molecule has 42 heavy (non-hydrogen) atoms. The van der Waals surface area contributed by atoms with Gasteiger partial charge in [0.1, 0.15) is 11.6 Å². The Kier molecular flexibility index (Phi) is 6.71. The third kappa shape index (κ3) is 4.66. The lowest BCUT2D eigenvalue weighted by molar-refractivity contribution is -0.139. The second-order valence-electron chi connectivity index (χ2n) is 10.1. The fraction of sp³-hybridized carbons (Fsp3) is 0.129. The molecule has 1 aliphatic heterocycles. The molecule has 2 N–H and O–H groups in total. The predicted octanol–water partition coefficient (Wildman–Crippen LogP) is 4.48. The molecular weight excluding hydrogens is 566 g/mol. The molecule has 1 aliphatic carbocycles. The van der Waals surface area contributed by atoms with Crippen LogP contribution in [0.2, 0.25) is 0 Å². The summed E-state index contributed by atoms with van der Waals surface area (Å²) in [6.07, 6.45) is 0.292. The average Bonchev–Trinajstić information content (AvgIpc) is 3.26. The highest BCUT2D eigenvalue weighted by Crippen LogP contribution is 2.39. The van der Waals surface area contributed by atoms with Gasteiger partial charge in [0.05, 0.1) is 4.90 Å². The van der Waals surface area contributed by atoms with Crippen molar-refractivity contribution in [2.75, 3.05) is 6.54 Å². The third-order valence-corrected chi connectivity index (χ3v) is 9.35. The van der Waals surface area contributed by atoms with Crippen LogP contribution in [0.15, 0.2) is 83.8 Å². The first-order chi connectivity index (χ1) is 20.0. The maximum atomic E-state index is 13.7. The summed E-state index contributed by atoms with van der Waals surface area (Å²) in [4.78, 5) is 38.1. The molecule has 0 fully saturated rings. The number of sulfonamides is 1. The number of hydrogen-bond acceptors (Lipinski definition) is 5. The third-order valence-electron chi connectivity index (χ3n) is 7.53. The Morgan fingerprint density at radius 3 is 2.26 bits per heavy atom. The molecule has 8 nitrogen and oxygen atoms in total. The molecule has 1 heterocycles. The lowest BCUT2D eigenvalue weighted by Crippen LogP contribution is -2.37. The number of aliphatic carboxylic acids is 1. The van der Waals surface area contributed by atoms with Gasteiger partial charge in [-0.3, -0.25) is 9.59 Å². The van der Waals surface area contributed by atoms with E-state index in [0.717, 1.165) is 22.0 Å². The topological polar surface area (TPSA) is 121 Å². The molecule has 1 unspecified atom stereocenters. The molecule has 212 valence electrons. The highest BCUT2D eigenvalue weighted by molar-refractivity contribution is 7.89. The molecular formula is C31H22F2N2O6S. The van der Waals surface area contributed by atoms with Gasteiger partial charge in [0.25, 0.3) is 5.91 Å². The summed E-state index contributed by atoms with van der Waals surface area (Å²) in [5, 5.41) is 12.6. The van der Waals surface area contributed by atoms with Crippen LogP contribution in [-0.2, 0) is 27.8 Å². The summed E-state index contributed by atoms with van der Waals surface area (Å²) in [7, 11) is -4.25. The Morgan fingerprint density at radius 1 is 0.857 bits per heavy atom. The van der Waals surface area contributed by atoms with Crippen LogP contribution >= 0.6 is 0 Å². The molecule has 0 aromatic heterocycles. The molecule has 4 aromatic rings. The number of carboxylic acids is 1. The minimum absolute atomic E-state index is 0.0607. The van der Waals surface area contributed by atoms with E-state index in [0.29, 0.717) is 40.3 Å². The normalized spacial score (nSPS) is 15.0. The first-order valence-electron chi connectivity index (χ1n) is 12.9. The van der Waals surface area contributed by atoms with Crippen molar-refractivity contribution in [1.82, 2.24) is 9.62 Å². The molecule has 6 rings (SSSR count). The number of benzene rings is 4. The van der Waals surface area contributed by atoms with Gasteiger partial charge in [-0.05, 0) is 46.9 Å². The van der Waals surface area contributed by atoms with Crippen molar-refractivity contribution in [3.63, 3.8) is 0 Å². The van der Waals surface area contributed by atoms with E-state index in [9.17, 15) is 36.7 Å². The van der Waals surface area contributed by atoms with E-state index in [4.69, 9.17) is 0 Å². The number of carbonyl (C=O) groups is 3. The summed E-state index contributed by atoms with van der Waals surface area (Å²) in [5.41, 5.74) is 3.45. The zero-order chi connectivity index (χ0) is 29.8. The second-order valence-corrected chi connectivity index (χ2v) is 12.0. The van der Waals surface area contributed by atoms with Crippen LogP contribution < -0.4 is 5.32 Å². The van der Waals surface area contributed by atoms with Crippen LogP contribution in [0.4, 0.5) is 8.78 Å². The van der Waals surface area contributed by atoms with Gasteiger partial charge in [-0.2, -0.15) is 4.31 Å². The zero-order valence-electron chi connectivity index (χ0n) is 21.8. The van der Waals surface area contributed by atoms with Crippen molar-refractivity contribution in [1.29, 1.82) is 0 Å². The molecule has 0 radical (unpaired) electrons. The van der Waals surface area contributed by atoms with Crippen LogP contribution in [0.25, 0.3) is 11.1 Å². The Balaban J connectivity index is 1.29. The highest BCUT2D eigenvalue weighted by atomic mass is 32.2. The minimum Gasteiger partial charge on any atom is -0.479 e. The number of rotatable bonds is 6. The van der Waals surface area contributed by atoms with Crippen LogP contribution in [0, 0.1) is 11.6 Å². The van der Waals surface area contributed by atoms with Crippen molar-refractivity contribution < 1.29 is 36.7 Å². The summed E-state index contributed by atoms with van der Waals surface area (Å²) in [5.74, 6) is -4.31. The van der Waals surface area contributed by atoms with Gasteiger partial charge in [-0.15, -0.1) is 0 Å². The average molecular weight is 589 g/mol. The van der Waals surface area contributed by atoms with Crippen molar-refractivity contribution in [3.05, 3.63) is 124 Å². The number of nitrogens with one attached hydrogen (secondary N) is 1. The van der Waals surface area contributed by atoms with Gasteiger partial charge < -0.3 is 10.4 Å². The molecule has 4 aromatic carbocycles. The number of hydrogen-bond donors (Lipinski definition) is 2. The van der Waals surface area contributed by atoms with E-state index in [1.807, 2.05) is 0 Å². The molecule has 1 amide bonds. The summed E-state index contributed by atoms with van der Waals surface area (Å²) in [6, 6.07) is 16.9. The van der Waals surface area contributed by atoms with E-state index in [1.54, 1.807) is 48.5 Å². The molecule has 2 aliphatic rings. The van der Waals surface area contributed by atoms with E-state index in [1.165, 1.54) is 12.1 Å². The van der Waals surface area contributed by atoms with Crippen LogP contribution in [-0.4, -0.2) is 42.0 Å². The van der Waals surface area contributed by atoms with E-state index in [-0.39, 0.29) is 30.0 Å². The van der Waals surface area contributed by atoms with Gasteiger partial charge >= 0.3 is 5.97 Å². The first-order valence-corrected chi connectivity index (χ1v) is 14.4. The molecule has 1 atom stereocenters. The van der Waals surface area contributed by atoms with Crippen LogP contribution in [0.3, 0.4) is 0 Å². The van der Waals surface area contributed by atoms with E-state index >= 15 is 0 Å².